The molecule has 0 radical (unpaired) electrons. The molecule has 1 aliphatic heterocycles. The lowest BCUT2D eigenvalue weighted by Crippen LogP contribution is -2.21. The Morgan fingerprint density at radius 3 is 2.70 bits per heavy atom. The first-order valence-corrected chi connectivity index (χ1v) is 7.79. The van der Waals surface area contributed by atoms with Gasteiger partial charge in [-0.25, -0.2) is 0 Å². The molecule has 0 fully saturated rings. The maximum atomic E-state index is 12.6. The monoisotopic (exact) mass is 333 g/mol. The summed E-state index contributed by atoms with van der Waals surface area (Å²) in [5.74, 6) is -2.18. The summed E-state index contributed by atoms with van der Waals surface area (Å²) in [6, 6.07) is 13.9. The fourth-order valence-electron chi connectivity index (χ4n) is 2.22. The Balaban J connectivity index is 1.80. The van der Waals surface area contributed by atoms with Gasteiger partial charge in [-0.15, -0.1) is 0 Å². The molecule has 23 heavy (non-hydrogen) atoms. The number of anilines is 1. The van der Waals surface area contributed by atoms with Gasteiger partial charge < -0.3 is 10.1 Å². The van der Waals surface area contributed by atoms with Crippen molar-refractivity contribution in [3.05, 3.63) is 59.7 Å². The Morgan fingerprint density at radius 1 is 1.13 bits per heavy atom. The lowest BCUT2D eigenvalue weighted by molar-refractivity contribution is -0.113. The molecule has 0 saturated heterocycles. The first kappa shape index (κ1) is 15.6. The highest BCUT2D eigenvalue weighted by Gasteiger charge is 2.18. The standard InChI is InChI=1S/C17H13F2NO2S/c18-17(19)23-15-8-4-2-6-13(15)20-16(21)12-9-11-5-1-3-7-14(11)22-10-12/h1-9,17H,10H2,(H,20,21). The van der Waals surface area contributed by atoms with Gasteiger partial charge in [-0.05, 0) is 24.3 Å². The van der Waals surface area contributed by atoms with Crippen LogP contribution in [0.1, 0.15) is 5.56 Å². The van der Waals surface area contributed by atoms with Gasteiger partial charge in [-0.3, -0.25) is 4.79 Å². The molecular weight excluding hydrogens is 320 g/mol. The summed E-state index contributed by atoms with van der Waals surface area (Å²) in [6.07, 6.45) is 1.75. The van der Waals surface area contributed by atoms with Crippen LogP contribution >= 0.6 is 11.8 Å². The number of fused-ring (bicyclic) bond motifs is 1. The van der Waals surface area contributed by atoms with Gasteiger partial charge in [0.2, 0.25) is 0 Å². The third-order valence-corrected chi connectivity index (χ3v) is 4.06. The third-order valence-electron chi connectivity index (χ3n) is 3.27. The average molecular weight is 333 g/mol. The molecule has 1 heterocycles. The molecule has 0 unspecified atom stereocenters. The van der Waals surface area contributed by atoms with Crippen LogP contribution in [0.4, 0.5) is 14.5 Å². The van der Waals surface area contributed by atoms with Crippen LogP contribution in [0.15, 0.2) is 59.0 Å². The first-order chi connectivity index (χ1) is 11.1. The van der Waals surface area contributed by atoms with Crippen molar-refractivity contribution in [3.63, 3.8) is 0 Å². The summed E-state index contributed by atoms with van der Waals surface area (Å²) in [6.45, 7) is 0.146. The summed E-state index contributed by atoms with van der Waals surface area (Å²) < 4.78 is 30.7. The van der Waals surface area contributed by atoms with Crippen LogP contribution in [-0.2, 0) is 4.79 Å². The normalized spacial score (nSPS) is 13.1. The minimum Gasteiger partial charge on any atom is -0.488 e. The number of para-hydroxylation sites is 2. The van der Waals surface area contributed by atoms with Crippen LogP contribution in [0.25, 0.3) is 6.08 Å². The van der Waals surface area contributed by atoms with Gasteiger partial charge in [0.15, 0.2) is 0 Å². The molecule has 3 nitrogen and oxygen atoms in total. The zero-order valence-electron chi connectivity index (χ0n) is 12.0. The lowest BCUT2D eigenvalue weighted by atomic mass is 10.1. The summed E-state index contributed by atoms with van der Waals surface area (Å²) in [4.78, 5) is 12.7. The second-order valence-corrected chi connectivity index (χ2v) is 5.86. The third kappa shape index (κ3) is 3.71. The lowest BCUT2D eigenvalue weighted by Gasteiger charge is -2.18. The van der Waals surface area contributed by atoms with Crippen LogP contribution < -0.4 is 10.1 Å². The quantitative estimate of drug-likeness (QED) is 0.842. The number of carbonyl (C=O) groups excluding carboxylic acids is 1. The second-order valence-electron chi connectivity index (χ2n) is 4.82. The molecule has 2 aromatic rings. The molecule has 2 aromatic carbocycles. The Morgan fingerprint density at radius 2 is 1.87 bits per heavy atom. The topological polar surface area (TPSA) is 38.3 Å². The number of hydrogen-bond donors (Lipinski definition) is 1. The number of carbonyl (C=O) groups is 1. The number of amides is 1. The Kier molecular flexibility index (Phi) is 4.62. The maximum absolute atomic E-state index is 12.6. The van der Waals surface area contributed by atoms with Gasteiger partial charge in [0.25, 0.3) is 11.7 Å². The number of alkyl halides is 2. The number of halogens is 2. The molecule has 118 valence electrons. The zero-order chi connectivity index (χ0) is 16.2. The maximum Gasteiger partial charge on any atom is 0.288 e. The van der Waals surface area contributed by atoms with Crippen molar-refractivity contribution in [1.29, 1.82) is 0 Å². The van der Waals surface area contributed by atoms with Crippen LogP contribution in [0.2, 0.25) is 0 Å². The van der Waals surface area contributed by atoms with E-state index in [-0.39, 0.29) is 12.5 Å². The summed E-state index contributed by atoms with van der Waals surface area (Å²) >= 11 is 0.403. The predicted octanol–water partition coefficient (Wildman–Crippen LogP) is 4.42. The summed E-state index contributed by atoms with van der Waals surface area (Å²) in [7, 11) is 0. The van der Waals surface area contributed by atoms with Crippen molar-refractivity contribution in [3.8, 4) is 5.75 Å². The first-order valence-electron chi connectivity index (χ1n) is 6.91. The molecule has 1 N–H and O–H groups in total. The molecule has 0 spiro atoms. The van der Waals surface area contributed by atoms with E-state index in [0.29, 0.717) is 27.9 Å². The highest BCUT2D eigenvalue weighted by atomic mass is 32.2. The van der Waals surface area contributed by atoms with E-state index in [0.717, 1.165) is 11.3 Å². The van der Waals surface area contributed by atoms with Crippen molar-refractivity contribution in [2.75, 3.05) is 11.9 Å². The van der Waals surface area contributed by atoms with E-state index >= 15 is 0 Å². The van der Waals surface area contributed by atoms with Crippen molar-refractivity contribution in [2.45, 2.75) is 10.7 Å². The van der Waals surface area contributed by atoms with Gasteiger partial charge in [-0.2, -0.15) is 8.78 Å². The number of hydrogen-bond acceptors (Lipinski definition) is 3. The second kappa shape index (κ2) is 6.83. The minimum absolute atomic E-state index is 0.146. The van der Waals surface area contributed by atoms with Gasteiger partial charge in [-0.1, -0.05) is 42.1 Å². The molecule has 1 amide bonds. The number of thioether (sulfide) groups is 1. The molecule has 0 aromatic heterocycles. The Bertz CT molecular complexity index is 762. The number of rotatable bonds is 4. The molecule has 0 aliphatic carbocycles. The van der Waals surface area contributed by atoms with Gasteiger partial charge >= 0.3 is 0 Å². The van der Waals surface area contributed by atoms with E-state index in [1.807, 2.05) is 24.3 Å². The molecular formula is C17H13F2NO2S. The van der Waals surface area contributed by atoms with Crippen molar-refractivity contribution in [1.82, 2.24) is 0 Å². The molecule has 3 rings (SSSR count). The van der Waals surface area contributed by atoms with E-state index in [1.165, 1.54) is 0 Å². The Hall–Kier alpha value is -2.34. The number of nitrogens with one attached hydrogen (secondary N) is 1. The largest absolute Gasteiger partial charge is 0.488 e. The smallest absolute Gasteiger partial charge is 0.288 e. The molecule has 0 atom stereocenters. The molecule has 0 bridgehead atoms. The van der Waals surface area contributed by atoms with Gasteiger partial charge in [0.05, 0.1) is 11.3 Å². The van der Waals surface area contributed by atoms with Crippen LogP contribution in [0, 0.1) is 0 Å². The highest BCUT2D eigenvalue weighted by molar-refractivity contribution is 7.99. The van der Waals surface area contributed by atoms with Crippen molar-refractivity contribution in [2.24, 2.45) is 0 Å². The molecule has 6 heteroatoms. The van der Waals surface area contributed by atoms with E-state index in [4.69, 9.17) is 4.74 Å². The van der Waals surface area contributed by atoms with Crippen molar-refractivity contribution < 1.29 is 18.3 Å². The molecule has 0 saturated carbocycles. The highest BCUT2D eigenvalue weighted by Crippen LogP contribution is 2.32. The Labute approximate surface area is 136 Å². The molecule has 1 aliphatic rings. The zero-order valence-corrected chi connectivity index (χ0v) is 12.8. The van der Waals surface area contributed by atoms with Gasteiger partial charge in [0.1, 0.15) is 12.4 Å². The fraction of sp³-hybridized carbons (Fsp3) is 0.118. The van der Waals surface area contributed by atoms with Crippen LogP contribution in [0.3, 0.4) is 0 Å². The summed E-state index contributed by atoms with van der Waals surface area (Å²) in [5.41, 5.74) is 1.63. The van der Waals surface area contributed by atoms with E-state index in [1.54, 1.807) is 30.3 Å². The average Bonchev–Trinajstić information content (AvgIpc) is 2.55. The van der Waals surface area contributed by atoms with Crippen LogP contribution in [-0.4, -0.2) is 18.3 Å². The van der Waals surface area contributed by atoms with Gasteiger partial charge in [0, 0.05) is 10.5 Å². The van der Waals surface area contributed by atoms with Crippen molar-refractivity contribution >= 4 is 29.4 Å². The predicted molar refractivity (Wildman–Crippen MR) is 86.8 cm³/mol. The van der Waals surface area contributed by atoms with E-state index < -0.39 is 5.76 Å². The fourth-order valence-corrected chi connectivity index (χ4v) is 2.81. The minimum atomic E-state index is -2.54. The number of benzene rings is 2. The van der Waals surface area contributed by atoms with E-state index in [2.05, 4.69) is 5.32 Å². The van der Waals surface area contributed by atoms with Crippen LogP contribution in [0.5, 0.6) is 5.75 Å². The SMILES string of the molecule is O=C(Nc1ccccc1SC(F)F)C1=Cc2ccccc2OC1. The summed E-state index contributed by atoms with van der Waals surface area (Å²) in [5, 5.41) is 2.68. The number of ether oxygens (including phenoxy) is 1. The van der Waals surface area contributed by atoms with E-state index in [9.17, 15) is 13.6 Å².